The summed E-state index contributed by atoms with van der Waals surface area (Å²) in [4.78, 5) is 24.9. The van der Waals surface area contributed by atoms with E-state index in [-0.39, 0.29) is 17.2 Å². The predicted molar refractivity (Wildman–Crippen MR) is 98.5 cm³/mol. The Hall–Kier alpha value is -2.48. The zero-order chi connectivity index (χ0) is 18.7. The molecular formula is C17H21N3O4S. The molecule has 0 spiro atoms. The van der Waals surface area contributed by atoms with Crippen LogP contribution in [0.3, 0.4) is 0 Å². The summed E-state index contributed by atoms with van der Waals surface area (Å²) in [6.07, 6.45) is 0. The Balaban J connectivity index is 2.58. The number of nitro benzene ring substituents is 1. The van der Waals surface area contributed by atoms with Crippen LogP contribution in [0.4, 0.5) is 5.69 Å². The lowest BCUT2D eigenvalue weighted by Crippen LogP contribution is -2.47. The highest BCUT2D eigenvalue weighted by Gasteiger charge is 2.32. The Bertz CT molecular complexity index is 760. The van der Waals surface area contributed by atoms with Crippen LogP contribution in [0.1, 0.15) is 39.3 Å². The van der Waals surface area contributed by atoms with Gasteiger partial charge in [-0.25, -0.2) is 0 Å². The van der Waals surface area contributed by atoms with Crippen molar-refractivity contribution in [1.82, 2.24) is 10.2 Å². The number of nitrogens with zero attached hydrogens (tertiary/aromatic N) is 2. The highest BCUT2D eigenvalue weighted by atomic mass is 32.1. The van der Waals surface area contributed by atoms with Crippen LogP contribution in [-0.2, 0) is 4.79 Å². The van der Waals surface area contributed by atoms with E-state index in [0.717, 1.165) is 5.70 Å². The Kier molecular flexibility index (Phi) is 5.73. The van der Waals surface area contributed by atoms with Crippen molar-refractivity contribution in [2.45, 2.75) is 33.7 Å². The first-order chi connectivity index (χ1) is 11.8. The van der Waals surface area contributed by atoms with Crippen LogP contribution in [0.2, 0.25) is 0 Å². The lowest BCUT2D eigenvalue weighted by molar-refractivity contribution is -0.385. The summed E-state index contributed by atoms with van der Waals surface area (Å²) < 4.78 is 5.32. The average Bonchev–Trinajstić information content (AvgIpc) is 2.54. The van der Waals surface area contributed by atoms with Gasteiger partial charge in [-0.1, -0.05) is 6.07 Å². The standard InChI is InChI=1S/C17H21N3O4S/c1-5-19-10(3)15(11(4)21)16(18-17(19)25)12-7-8-14(24-6-2)13(9-12)20(22)23/h7-9,16H,5-6H2,1-4H3,(H,18,25). The second-order valence-corrected chi connectivity index (χ2v) is 5.99. The molecule has 0 aromatic heterocycles. The van der Waals surface area contributed by atoms with E-state index in [4.69, 9.17) is 17.0 Å². The van der Waals surface area contributed by atoms with Crippen molar-refractivity contribution in [2.75, 3.05) is 13.2 Å². The molecule has 1 atom stereocenters. The quantitative estimate of drug-likeness (QED) is 0.472. The molecule has 0 bridgehead atoms. The number of ketones is 1. The molecular weight excluding hydrogens is 342 g/mol. The molecule has 1 aliphatic rings. The maximum Gasteiger partial charge on any atom is 0.311 e. The van der Waals surface area contributed by atoms with Crippen molar-refractivity contribution in [3.8, 4) is 5.75 Å². The maximum absolute atomic E-state index is 12.2. The number of benzene rings is 1. The molecule has 1 unspecified atom stereocenters. The van der Waals surface area contributed by atoms with Crippen LogP contribution in [0.15, 0.2) is 29.5 Å². The highest BCUT2D eigenvalue weighted by Crippen LogP contribution is 2.35. The minimum atomic E-state index is -0.526. The Morgan fingerprint density at radius 2 is 2.12 bits per heavy atom. The molecule has 7 nitrogen and oxygen atoms in total. The van der Waals surface area contributed by atoms with Crippen molar-refractivity contribution in [1.29, 1.82) is 0 Å². The molecule has 0 aliphatic carbocycles. The van der Waals surface area contributed by atoms with Gasteiger partial charge in [0.05, 0.1) is 17.6 Å². The van der Waals surface area contributed by atoms with Gasteiger partial charge in [0.1, 0.15) is 0 Å². The fourth-order valence-corrected chi connectivity index (χ4v) is 3.39. The van der Waals surface area contributed by atoms with Crippen molar-refractivity contribution < 1.29 is 14.5 Å². The van der Waals surface area contributed by atoms with E-state index < -0.39 is 11.0 Å². The number of Topliss-reactive ketones (excluding diaryl/α,β-unsaturated/α-hetero) is 1. The van der Waals surface area contributed by atoms with Gasteiger partial charge in [0, 0.05) is 23.9 Å². The number of nitrogens with one attached hydrogen (secondary N) is 1. The van der Waals surface area contributed by atoms with Crippen LogP contribution >= 0.6 is 12.2 Å². The van der Waals surface area contributed by atoms with Gasteiger partial charge in [-0.3, -0.25) is 14.9 Å². The topological polar surface area (TPSA) is 84.7 Å². The summed E-state index contributed by atoms with van der Waals surface area (Å²) in [5, 5.41) is 15.0. The number of ether oxygens (including phenoxy) is 1. The van der Waals surface area contributed by atoms with Gasteiger partial charge in [-0.2, -0.15) is 0 Å². The van der Waals surface area contributed by atoms with Crippen LogP contribution < -0.4 is 10.1 Å². The highest BCUT2D eigenvalue weighted by molar-refractivity contribution is 7.80. The van der Waals surface area contributed by atoms with E-state index in [9.17, 15) is 14.9 Å². The van der Waals surface area contributed by atoms with E-state index in [1.54, 1.807) is 19.1 Å². The van der Waals surface area contributed by atoms with E-state index >= 15 is 0 Å². The molecule has 2 rings (SSSR count). The van der Waals surface area contributed by atoms with Crippen molar-refractivity contribution >= 4 is 28.8 Å². The minimum Gasteiger partial charge on any atom is -0.487 e. The van der Waals surface area contributed by atoms with Gasteiger partial charge in [-0.05, 0) is 51.5 Å². The number of carbonyl (C=O) groups excluding carboxylic acids is 1. The van der Waals surface area contributed by atoms with Crippen LogP contribution in [0, 0.1) is 10.1 Å². The third-order valence-electron chi connectivity index (χ3n) is 4.10. The summed E-state index contributed by atoms with van der Waals surface area (Å²) in [5.74, 6) is 0.0994. The Morgan fingerprint density at radius 1 is 1.44 bits per heavy atom. The first-order valence-electron chi connectivity index (χ1n) is 8.02. The van der Waals surface area contributed by atoms with Gasteiger partial charge in [0.15, 0.2) is 16.6 Å². The lowest BCUT2D eigenvalue weighted by Gasteiger charge is -2.37. The predicted octanol–water partition coefficient (Wildman–Crippen LogP) is 3.11. The second kappa shape index (κ2) is 7.60. The molecule has 0 amide bonds. The zero-order valence-electron chi connectivity index (χ0n) is 14.7. The fourth-order valence-electron chi connectivity index (χ4n) is 3.00. The Morgan fingerprint density at radius 3 is 2.64 bits per heavy atom. The van der Waals surface area contributed by atoms with Gasteiger partial charge in [0.25, 0.3) is 0 Å². The molecule has 1 aliphatic heterocycles. The molecule has 0 saturated carbocycles. The van der Waals surface area contributed by atoms with Crippen molar-refractivity contribution in [2.24, 2.45) is 0 Å². The van der Waals surface area contributed by atoms with Crippen LogP contribution in [-0.4, -0.2) is 33.9 Å². The molecule has 1 aromatic carbocycles. The Labute approximate surface area is 151 Å². The molecule has 1 aromatic rings. The molecule has 1 heterocycles. The third kappa shape index (κ3) is 3.63. The van der Waals surface area contributed by atoms with Crippen molar-refractivity contribution in [3.05, 3.63) is 45.1 Å². The number of thiocarbonyl (C=S) groups is 1. The zero-order valence-corrected chi connectivity index (χ0v) is 15.5. The molecule has 1 N–H and O–H groups in total. The van der Waals surface area contributed by atoms with E-state index in [0.29, 0.717) is 29.4 Å². The number of carbonyl (C=O) groups is 1. The number of rotatable bonds is 6. The summed E-state index contributed by atoms with van der Waals surface area (Å²) in [6.45, 7) is 7.98. The fraction of sp³-hybridized carbons (Fsp3) is 0.412. The first kappa shape index (κ1) is 18.9. The van der Waals surface area contributed by atoms with E-state index in [2.05, 4.69) is 5.32 Å². The molecule has 0 fully saturated rings. The second-order valence-electron chi connectivity index (χ2n) is 5.60. The molecule has 134 valence electrons. The third-order valence-corrected chi connectivity index (χ3v) is 4.44. The molecule has 8 heteroatoms. The monoisotopic (exact) mass is 363 g/mol. The molecule has 25 heavy (non-hydrogen) atoms. The van der Waals surface area contributed by atoms with Crippen molar-refractivity contribution in [3.63, 3.8) is 0 Å². The van der Waals surface area contributed by atoms with Gasteiger partial charge < -0.3 is 15.0 Å². The normalized spacial score (nSPS) is 17.4. The smallest absolute Gasteiger partial charge is 0.311 e. The minimum absolute atomic E-state index is 0.104. The van der Waals surface area contributed by atoms with Crippen LogP contribution in [0.5, 0.6) is 5.75 Å². The summed E-state index contributed by atoms with van der Waals surface area (Å²) in [6, 6.07) is 4.18. The summed E-state index contributed by atoms with van der Waals surface area (Å²) >= 11 is 5.38. The first-order valence-corrected chi connectivity index (χ1v) is 8.43. The number of hydrogen-bond donors (Lipinski definition) is 1. The van der Waals surface area contributed by atoms with Gasteiger partial charge in [0.2, 0.25) is 0 Å². The van der Waals surface area contributed by atoms with Gasteiger partial charge >= 0.3 is 5.69 Å². The van der Waals surface area contributed by atoms with E-state index in [1.165, 1.54) is 13.0 Å². The van der Waals surface area contributed by atoms with E-state index in [1.807, 2.05) is 18.7 Å². The number of hydrogen-bond acceptors (Lipinski definition) is 5. The average molecular weight is 363 g/mol. The number of nitro groups is 1. The lowest BCUT2D eigenvalue weighted by atomic mass is 9.92. The van der Waals surface area contributed by atoms with Crippen LogP contribution in [0.25, 0.3) is 0 Å². The summed E-state index contributed by atoms with van der Waals surface area (Å²) in [7, 11) is 0. The molecule has 0 radical (unpaired) electrons. The number of allylic oxidation sites excluding steroid dienone is 1. The largest absolute Gasteiger partial charge is 0.487 e. The molecule has 0 saturated heterocycles. The SMILES string of the molecule is CCOc1ccc(C2NC(=S)N(CC)C(C)=C2C(C)=O)cc1[N+](=O)[O-]. The van der Waals surface area contributed by atoms with Gasteiger partial charge in [-0.15, -0.1) is 0 Å². The summed E-state index contributed by atoms with van der Waals surface area (Å²) in [5.41, 5.74) is 1.78. The maximum atomic E-state index is 12.2.